The first-order chi connectivity index (χ1) is 10.5. The molecular weight excluding hydrogens is 292 g/mol. The largest absolute Gasteiger partial charge is 0.465 e. The fourth-order valence-corrected chi connectivity index (χ4v) is 1.70. The third-order valence-corrected chi connectivity index (χ3v) is 2.80. The molecule has 0 aliphatic heterocycles. The van der Waals surface area contributed by atoms with Gasteiger partial charge < -0.3 is 24.1 Å². The zero-order valence-electron chi connectivity index (χ0n) is 12.9. The summed E-state index contributed by atoms with van der Waals surface area (Å²) >= 11 is 0. The molecule has 0 aliphatic rings. The van der Waals surface area contributed by atoms with Gasteiger partial charge in [0.2, 0.25) is 5.43 Å². The fraction of sp³-hybridized carbons (Fsp3) is 0.500. The quantitative estimate of drug-likeness (QED) is 0.735. The third kappa shape index (κ3) is 5.21. The Morgan fingerprint density at radius 1 is 1.36 bits per heavy atom. The van der Waals surface area contributed by atoms with Gasteiger partial charge in [0.1, 0.15) is 6.54 Å². The molecule has 1 N–H and O–H groups in total. The van der Waals surface area contributed by atoms with Gasteiger partial charge in [-0.15, -0.1) is 0 Å². The van der Waals surface area contributed by atoms with Crippen LogP contribution in [-0.2, 0) is 20.8 Å². The SMILES string of the molecule is CCOC(=O)CNC(=O)Oc1c(C)n(CCOC)ccc1=O. The molecule has 8 heteroatoms. The molecule has 0 atom stereocenters. The molecule has 0 aromatic carbocycles. The molecule has 0 saturated heterocycles. The van der Waals surface area contributed by atoms with Crippen LogP contribution in [0.15, 0.2) is 17.1 Å². The lowest BCUT2D eigenvalue weighted by atomic mass is 10.3. The molecule has 1 rings (SSSR count). The van der Waals surface area contributed by atoms with Gasteiger partial charge in [-0.2, -0.15) is 0 Å². The standard InChI is InChI=1S/C14H20N2O6/c1-4-21-12(18)9-15-14(19)22-13-10(2)16(7-8-20-3)6-5-11(13)17/h5-6H,4,7-9H2,1-3H3,(H,15,19). The molecule has 1 aromatic heterocycles. The van der Waals surface area contributed by atoms with Crippen molar-refractivity contribution in [3.63, 3.8) is 0 Å². The number of carbonyl (C=O) groups excluding carboxylic acids is 2. The van der Waals surface area contributed by atoms with Crippen LogP contribution in [0.4, 0.5) is 4.79 Å². The van der Waals surface area contributed by atoms with Crippen molar-refractivity contribution in [3.05, 3.63) is 28.2 Å². The summed E-state index contributed by atoms with van der Waals surface area (Å²) in [5.74, 6) is -0.665. The molecule has 0 bridgehead atoms. The highest BCUT2D eigenvalue weighted by Gasteiger charge is 2.14. The van der Waals surface area contributed by atoms with Gasteiger partial charge in [0.25, 0.3) is 0 Å². The number of esters is 1. The Kier molecular flexibility index (Phi) is 7.11. The topological polar surface area (TPSA) is 95.9 Å². The number of methoxy groups -OCH3 is 1. The first-order valence-corrected chi connectivity index (χ1v) is 6.79. The summed E-state index contributed by atoms with van der Waals surface area (Å²) in [5.41, 5.74) is 0.0771. The molecule has 1 aromatic rings. The molecule has 0 saturated carbocycles. The van der Waals surface area contributed by atoms with Gasteiger partial charge in [-0.1, -0.05) is 0 Å². The number of hydrogen-bond acceptors (Lipinski definition) is 6. The maximum Gasteiger partial charge on any atom is 0.413 e. The predicted molar refractivity (Wildman–Crippen MR) is 78.0 cm³/mol. The smallest absolute Gasteiger partial charge is 0.413 e. The van der Waals surface area contributed by atoms with Gasteiger partial charge in [-0.05, 0) is 13.8 Å². The van der Waals surface area contributed by atoms with Crippen LogP contribution >= 0.6 is 0 Å². The van der Waals surface area contributed by atoms with E-state index in [0.717, 1.165) is 0 Å². The second kappa shape index (κ2) is 8.83. The molecule has 0 unspecified atom stereocenters. The summed E-state index contributed by atoms with van der Waals surface area (Å²) in [6.07, 6.45) is 0.706. The zero-order chi connectivity index (χ0) is 16.5. The van der Waals surface area contributed by atoms with Crippen LogP contribution in [0, 0.1) is 6.92 Å². The minimum Gasteiger partial charge on any atom is -0.465 e. The van der Waals surface area contributed by atoms with E-state index in [1.165, 1.54) is 6.07 Å². The van der Waals surface area contributed by atoms with Crippen LogP contribution in [0.1, 0.15) is 12.6 Å². The number of nitrogens with one attached hydrogen (secondary N) is 1. The van der Waals surface area contributed by atoms with Crippen molar-refractivity contribution in [3.8, 4) is 5.75 Å². The minimum absolute atomic E-state index is 0.0834. The van der Waals surface area contributed by atoms with Gasteiger partial charge >= 0.3 is 12.1 Å². The molecular formula is C14H20N2O6. The van der Waals surface area contributed by atoms with Crippen molar-refractivity contribution in [1.82, 2.24) is 9.88 Å². The Hall–Kier alpha value is -2.35. The van der Waals surface area contributed by atoms with E-state index in [9.17, 15) is 14.4 Å². The van der Waals surface area contributed by atoms with E-state index in [1.807, 2.05) is 0 Å². The Morgan fingerprint density at radius 3 is 2.73 bits per heavy atom. The average Bonchev–Trinajstić information content (AvgIpc) is 2.49. The highest BCUT2D eigenvalue weighted by Crippen LogP contribution is 2.11. The van der Waals surface area contributed by atoms with E-state index in [1.54, 1.807) is 31.7 Å². The van der Waals surface area contributed by atoms with E-state index in [4.69, 9.17) is 9.47 Å². The molecule has 0 fully saturated rings. The van der Waals surface area contributed by atoms with Crippen molar-refractivity contribution < 1.29 is 23.8 Å². The highest BCUT2D eigenvalue weighted by molar-refractivity contribution is 5.78. The number of aromatic nitrogens is 1. The highest BCUT2D eigenvalue weighted by atomic mass is 16.6. The second-order valence-corrected chi connectivity index (χ2v) is 4.33. The van der Waals surface area contributed by atoms with E-state index in [-0.39, 0.29) is 18.9 Å². The van der Waals surface area contributed by atoms with Crippen LogP contribution in [0.2, 0.25) is 0 Å². The summed E-state index contributed by atoms with van der Waals surface area (Å²) in [6, 6.07) is 1.30. The summed E-state index contributed by atoms with van der Waals surface area (Å²) < 4.78 is 16.4. The number of ether oxygens (including phenoxy) is 3. The first kappa shape index (κ1) is 17.7. The van der Waals surface area contributed by atoms with E-state index >= 15 is 0 Å². The second-order valence-electron chi connectivity index (χ2n) is 4.33. The van der Waals surface area contributed by atoms with Crippen LogP contribution in [0.5, 0.6) is 5.75 Å². The number of pyridine rings is 1. The zero-order valence-corrected chi connectivity index (χ0v) is 12.9. The molecule has 1 amide bonds. The summed E-state index contributed by atoms with van der Waals surface area (Å²) in [5, 5.41) is 2.22. The number of carbonyl (C=O) groups is 2. The average molecular weight is 312 g/mol. The Balaban J connectivity index is 2.73. The lowest BCUT2D eigenvalue weighted by Gasteiger charge is -2.13. The van der Waals surface area contributed by atoms with Gasteiger partial charge in [0.05, 0.1) is 18.9 Å². The summed E-state index contributed by atoms with van der Waals surface area (Å²) in [6.45, 7) is 4.19. The molecule has 1 heterocycles. The first-order valence-electron chi connectivity index (χ1n) is 6.79. The van der Waals surface area contributed by atoms with E-state index < -0.39 is 17.5 Å². The van der Waals surface area contributed by atoms with Gasteiger partial charge in [0, 0.05) is 25.9 Å². The summed E-state index contributed by atoms with van der Waals surface area (Å²) in [4.78, 5) is 34.6. The molecule has 122 valence electrons. The maximum absolute atomic E-state index is 11.8. The monoisotopic (exact) mass is 312 g/mol. The van der Waals surface area contributed by atoms with Crippen LogP contribution < -0.4 is 15.5 Å². The van der Waals surface area contributed by atoms with Crippen LogP contribution in [0.25, 0.3) is 0 Å². The molecule has 0 aliphatic carbocycles. The minimum atomic E-state index is -0.891. The van der Waals surface area contributed by atoms with Gasteiger partial charge in [-0.3, -0.25) is 9.59 Å². The van der Waals surface area contributed by atoms with Crippen LogP contribution in [0.3, 0.4) is 0 Å². The molecule has 0 radical (unpaired) electrons. The molecule has 8 nitrogen and oxygen atoms in total. The van der Waals surface area contributed by atoms with Gasteiger partial charge in [0.15, 0.2) is 5.75 Å². The Bertz CT molecular complexity index is 581. The van der Waals surface area contributed by atoms with E-state index in [2.05, 4.69) is 10.1 Å². The predicted octanol–water partition coefficient (Wildman–Crippen LogP) is 0.455. The number of hydrogen-bond donors (Lipinski definition) is 1. The lowest BCUT2D eigenvalue weighted by molar-refractivity contribution is -0.141. The van der Waals surface area contributed by atoms with Crippen molar-refractivity contribution >= 4 is 12.1 Å². The Morgan fingerprint density at radius 2 is 2.09 bits per heavy atom. The number of amides is 1. The van der Waals surface area contributed by atoms with Crippen molar-refractivity contribution in [2.75, 3.05) is 26.9 Å². The lowest BCUT2D eigenvalue weighted by Crippen LogP contribution is -2.34. The number of nitrogens with zero attached hydrogens (tertiary/aromatic N) is 1. The summed E-state index contributed by atoms with van der Waals surface area (Å²) in [7, 11) is 1.57. The fourth-order valence-electron chi connectivity index (χ4n) is 1.70. The van der Waals surface area contributed by atoms with Crippen molar-refractivity contribution in [2.24, 2.45) is 0 Å². The van der Waals surface area contributed by atoms with Gasteiger partial charge in [-0.25, -0.2) is 4.79 Å². The van der Waals surface area contributed by atoms with E-state index in [0.29, 0.717) is 18.8 Å². The van der Waals surface area contributed by atoms with Crippen molar-refractivity contribution in [1.29, 1.82) is 0 Å². The normalized spacial score (nSPS) is 10.1. The third-order valence-electron chi connectivity index (χ3n) is 2.80. The number of rotatable bonds is 7. The molecule has 22 heavy (non-hydrogen) atoms. The Labute approximate surface area is 128 Å². The van der Waals surface area contributed by atoms with Crippen molar-refractivity contribution in [2.45, 2.75) is 20.4 Å². The maximum atomic E-state index is 11.8. The van der Waals surface area contributed by atoms with Crippen LogP contribution in [-0.4, -0.2) is 43.5 Å². The molecule has 0 spiro atoms.